The number of hydrogen-bond donors (Lipinski definition) is 2. The summed E-state index contributed by atoms with van der Waals surface area (Å²) in [7, 11) is 0. The van der Waals surface area contributed by atoms with Crippen molar-refractivity contribution in [2.75, 3.05) is 13.1 Å². The number of rotatable bonds is 4. The number of nitrogens with two attached hydrogens (primary N) is 1. The van der Waals surface area contributed by atoms with E-state index < -0.39 is 5.97 Å². The van der Waals surface area contributed by atoms with Crippen molar-refractivity contribution in [3.8, 4) is 0 Å². The van der Waals surface area contributed by atoms with E-state index in [0.717, 1.165) is 37.5 Å². The molecule has 3 aliphatic rings. The molecule has 1 heterocycles. The first-order valence-electron chi connectivity index (χ1n) is 9.33. The average Bonchev–Trinajstić information content (AvgIpc) is 2.43. The van der Waals surface area contributed by atoms with Crippen LogP contribution in [0.5, 0.6) is 0 Å². The number of aliphatic carboxylic acids is 1. The number of nitrogens with zero attached hydrogens (tertiary/aromatic N) is 1. The van der Waals surface area contributed by atoms with Crippen LogP contribution >= 0.6 is 0 Å². The van der Waals surface area contributed by atoms with Crippen LogP contribution in [0.15, 0.2) is 0 Å². The third-order valence-corrected chi connectivity index (χ3v) is 6.65. The van der Waals surface area contributed by atoms with Gasteiger partial charge in [0.15, 0.2) is 0 Å². The molecule has 2 saturated carbocycles. The number of carboxylic acid groups (broad SMARTS) is 1. The summed E-state index contributed by atoms with van der Waals surface area (Å²) in [5.74, 6) is 0.474. The summed E-state index contributed by atoms with van der Waals surface area (Å²) in [4.78, 5) is 11.2. The first kappa shape index (κ1) is 16.3. The van der Waals surface area contributed by atoms with E-state index in [4.69, 9.17) is 5.73 Å². The average molecular weight is 309 g/mol. The molecule has 0 aromatic carbocycles. The van der Waals surface area contributed by atoms with E-state index in [9.17, 15) is 9.90 Å². The van der Waals surface area contributed by atoms with E-state index in [1.807, 2.05) is 0 Å². The number of piperidine rings is 1. The highest BCUT2D eigenvalue weighted by atomic mass is 16.4. The van der Waals surface area contributed by atoms with Gasteiger partial charge in [-0.25, -0.2) is 0 Å². The van der Waals surface area contributed by atoms with Crippen molar-refractivity contribution >= 4 is 5.97 Å². The van der Waals surface area contributed by atoms with Crippen molar-refractivity contribution in [1.29, 1.82) is 0 Å². The Kier molecular flexibility index (Phi) is 4.79. The molecule has 0 amide bonds. The Morgan fingerprint density at radius 1 is 1.09 bits per heavy atom. The zero-order valence-electron chi connectivity index (χ0n) is 14.0. The predicted molar refractivity (Wildman–Crippen MR) is 87.4 cm³/mol. The molecule has 3 unspecified atom stereocenters. The highest BCUT2D eigenvalue weighted by molar-refractivity contribution is 5.67. The maximum absolute atomic E-state index is 11.2. The molecule has 4 heteroatoms. The molecule has 1 aliphatic heterocycles. The fourth-order valence-electron chi connectivity index (χ4n) is 5.73. The van der Waals surface area contributed by atoms with Gasteiger partial charge in [-0.15, -0.1) is 0 Å². The maximum Gasteiger partial charge on any atom is 0.303 e. The molecule has 3 N–H and O–H groups in total. The normalized spacial score (nSPS) is 43.5. The van der Waals surface area contributed by atoms with Crippen molar-refractivity contribution in [3.63, 3.8) is 0 Å². The molecule has 22 heavy (non-hydrogen) atoms. The summed E-state index contributed by atoms with van der Waals surface area (Å²) >= 11 is 0. The molecule has 0 bridgehead atoms. The molecule has 0 aromatic rings. The molecular weight excluding hydrogens is 276 g/mol. The van der Waals surface area contributed by atoms with Crippen molar-refractivity contribution in [1.82, 2.24) is 0 Å². The zero-order valence-corrected chi connectivity index (χ0v) is 14.0. The lowest BCUT2D eigenvalue weighted by Gasteiger charge is -2.59. The molecule has 0 radical (unpaired) electrons. The van der Waals surface area contributed by atoms with Gasteiger partial charge in [-0.05, 0) is 38.0 Å². The van der Waals surface area contributed by atoms with Crippen molar-refractivity contribution in [2.45, 2.75) is 82.8 Å². The highest BCUT2D eigenvalue weighted by Crippen LogP contribution is 2.44. The van der Waals surface area contributed by atoms with E-state index in [2.05, 4.69) is 6.92 Å². The molecule has 0 spiro atoms. The standard InChI is InChI=1S/C18H32N2O2/c1-13-7-17(8-13)20(16-5-3-2-4-6-16)11-14(10-18(21)22)9-15(19)12-20/h13-17H,2-12,19H2,1H3/p+1. The van der Waals surface area contributed by atoms with Gasteiger partial charge in [-0.3, -0.25) is 4.79 Å². The highest BCUT2D eigenvalue weighted by Gasteiger charge is 2.52. The third kappa shape index (κ3) is 3.18. The van der Waals surface area contributed by atoms with E-state index in [1.165, 1.54) is 49.4 Å². The Morgan fingerprint density at radius 3 is 2.36 bits per heavy atom. The van der Waals surface area contributed by atoms with E-state index in [0.29, 0.717) is 6.42 Å². The van der Waals surface area contributed by atoms with Crippen molar-refractivity contribution in [3.05, 3.63) is 0 Å². The zero-order chi connectivity index (χ0) is 15.7. The fraction of sp³-hybridized carbons (Fsp3) is 0.944. The fourth-order valence-corrected chi connectivity index (χ4v) is 5.73. The molecule has 3 atom stereocenters. The van der Waals surface area contributed by atoms with Crippen LogP contribution in [0, 0.1) is 11.8 Å². The summed E-state index contributed by atoms with van der Waals surface area (Å²) in [6, 6.07) is 1.69. The SMILES string of the molecule is CC1CC([N+]2(C3CCCCC3)CC(N)CC(CC(=O)O)C2)C1. The second kappa shape index (κ2) is 6.48. The maximum atomic E-state index is 11.2. The second-order valence-corrected chi connectivity index (χ2v) is 8.45. The minimum absolute atomic E-state index is 0.191. The summed E-state index contributed by atoms with van der Waals surface area (Å²) in [5, 5.41) is 9.24. The van der Waals surface area contributed by atoms with Gasteiger partial charge < -0.3 is 15.3 Å². The van der Waals surface area contributed by atoms with Crippen molar-refractivity contribution < 1.29 is 14.4 Å². The van der Waals surface area contributed by atoms with Crippen LogP contribution in [0.1, 0.15) is 64.7 Å². The Hall–Kier alpha value is -0.610. The molecule has 4 nitrogen and oxygen atoms in total. The number of hydrogen-bond acceptors (Lipinski definition) is 2. The van der Waals surface area contributed by atoms with Gasteiger partial charge in [-0.2, -0.15) is 0 Å². The molecule has 3 fully saturated rings. The lowest BCUT2D eigenvalue weighted by atomic mass is 9.74. The topological polar surface area (TPSA) is 63.3 Å². The molecule has 126 valence electrons. The Balaban J connectivity index is 1.81. The van der Waals surface area contributed by atoms with E-state index >= 15 is 0 Å². The van der Waals surface area contributed by atoms with Crippen LogP contribution in [0.2, 0.25) is 0 Å². The second-order valence-electron chi connectivity index (χ2n) is 8.45. The Labute approximate surface area is 134 Å². The molecule has 1 saturated heterocycles. The van der Waals surface area contributed by atoms with Gasteiger partial charge >= 0.3 is 5.97 Å². The predicted octanol–water partition coefficient (Wildman–Crippen LogP) is 2.76. The smallest absolute Gasteiger partial charge is 0.303 e. The van der Waals surface area contributed by atoms with Crippen LogP contribution in [-0.4, -0.2) is 46.8 Å². The van der Waals surface area contributed by atoms with Crippen molar-refractivity contribution in [2.24, 2.45) is 17.6 Å². The first-order valence-corrected chi connectivity index (χ1v) is 9.33. The number of likely N-dealkylation sites (tertiary alicyclic amines) is 1. The number of carboxylic acids is 1. The molecular formula is C18H33N2O2+. The van der Waals surface area contributed by atoms with Gasteiger partial charge in [0, 0.05) is 18.8 Å². The summed E-state index contributed by atoms with van der Waals surface area (Å²) in [6.45, 7) is 4.52. The molecule has 0 aromatic heterocycles. The van der Waals surface area contributed by atoms with Crippen LogP contribution in [0.25, 0.3) is 0 Å². The Bertz CT molecular complexity index is 402. The number of quaternary nitrogens is 1. The van der Waals surface area contributed by atoms with Gasteiger partial charge in [0.1, 0.15) is 0 Å². The minimum atomic E-state index is -0.650. The Morgan fingerprint density at radius 2 is 1.77 bits per heavy atom. The summed E-state index contributed by atoms with van der Waals surface area (Å²) in [6.07, 6.45) is 10.6. The van der Waals surface area contributed by atoms with Gasteiger partial charge in [0.05, 0.1) is 37.6 Å². The summed E-state index contributed by atoms with van der Waals surface area (Å²) in [5.41, 5.74) is 6.43. The lowest BCUT2D eigenvalue weighted by Crippen LogP contribution is -2.71. The van der Waals surface area contributed by atoms with Crippen LogP contribution in [-0.2, 0) is 4.79 Å². The summed E-state index contributed by atoms with van der Waals surface area (Å²) < 4.78 is 1.17. The van der Waals surface area contributed by atoms with Gasteiger partial charge in [-0.1, -0.05) is 13.3 Å². The molecule has 2 aliphatic carbocycles. The third-order valence-electron chi connectivity index (χ3n) is 6.65. The number of carbonyl (C=O) groups is 1. The van der Waals surface area contributed by atoms with Crippen LogP contribution < -0.4 is 5.73 Å². The van der Waals surface area contributed by atoms with E-state index in [-0.39, 0.29) is 12.0 Å². The van der Waals surface area contributed by atoms with Crippen LogP contribution in [0.4, 0.5) is 0 Å². The minimum Gasteiger partial charge on any atom is -0.481 e. The van der Waals surface area contributed by atoms with Gasteiger partial charge in [0.2, 0.25) is 0 Å². The lowest BCUT2D eigenvalue weighted by molar-refractivity contribution is -0.988. The molecule has 3 rings (SSSR count). The van der Waals surface area contributed by atoms with Gasteiger partial charge in [0.25, 0.3) is 0 Å². The van der Waals surface area contributed by atoms with E-state index in [1.54, 1.807) is 0 Å². The quantitative estimate of drug-likeness (QED) is 0.785. The van der Waals surface area contributed by atoms with Crippen LogP contribution in [0.3, 0.4) is 0 Å². The monoisotopic (exact) mass is 309 g/mol. The largest absolute Gasteiger partial charge is 0.481 e. The first-order chi connectivity index (χ1) is 10.5.